The first-order chi connectivity index (χ1) is 8.19. The number of nitrogens with two attached hydrogens (primary N) is 1. The lowest BCUT2D eigenvalue weighted by Gasteiger charge is -2.29. The van der Waals surface area contributed by atoms with Crippen molar-refractivity contribution >= 4 is 5.84 Å². The van der Waals surface area contributed by atoms with E-state index in [0.29, 0.717) is 18.3 Å². The maximum atomic E-state index is 9.05. The Bertz CT molecular complexity index is 206. The van der Waals surface area contributed by atoms with Crippen molar-refractivity contribution in [2.75, 3.05) is 19.7 Å². The summed E-state index contributed by atoms with van der Waals surface area (Å²) in [4.78, 5) is 2.33. The third-order valence-corrected chi connectivity index (χ3v) is 3.10. The molecule has 0 aliphatic carbocycles. The van der Waals surface area contributed by atoms with Crippen LogP contribution in [0.15, 0.2) is 5.16 Å². The molecular formula is C12H27N3O2. The fourth-order valence-corrected chi connectivity index (χ4v) is 2.08. The molecule has 0 aromatic carbocycles. The van der Waals surface area contributed by atoms with E-state index in [1.807, 2.05) is 0 Å². The highest BCUT2D eigenvalue weighted by Crippen LogP contribution is 2.10. The van der Waals surface area contributed by atoms with E-state index < -0.39 is 0 Å². The number of hydrogen-bond donors (Lipinski definition) is 3. The van der Waals surface area contributed by atoms with E-state index in [1.54, 1.807) is 0 Å². The van der Waals surface area contributed by atoms with Gasteiger partial charge in [-0.1, -0.05) is 19.0 Å². The van der Waals surface area contributed by atoms with Crippen molar-refractivity contribution in [3.05, 3.63) is 0 Å². The summed E-state index contributed by atoms with van der Waals surface area (Å²) in [5.41, 5.74) is 5.41. The van der Waals surface area contributed by atoms with Crippen molar-refractivity contribution in [1.82, 2.24) is 4.90 Å². The van der Waals surface area contributed by atoms with Gasteiger partial charge in [0, 0.05) is 19.0 Å². The van der Waals surface area contributed by atoms with Crippen LogP contribution in [-0.2, 0) is 0 Å². The largest absolute Gasteiger partial charge is 0.409 e. The lowest BCUT2D eigenvalue weighted by molar-refractivity contribution is 0.141. The average Bonchev–Trinajstić information content (AvgIpc) is 2.35. The van der Waals surface area contributed by atoms with Gasteiger partial charge in [0.25, 0.3) is 0 Å². The standard InChI is InChI=1S/C12H27N3O2/c1-3-11(4-2)15(9-10-16)8-6-5-7-12(13)14-17/h11,16-17H,3-10H2,1-2H3,(H2,13,14). The first-order valence-corrected chi connectivity index (χ1v) is 6.50. The highest BCUT2D eigenvalue weighted by molar-refractivity contribution is 5.79. The molecule has 0 atom stereocenters. The van der Waals surface area contributed by atoms with Gasteiger partial charge in [-0.15, -0.1) is 0 Å². The molecule has 0 aliphatic heterocycles. The van der Waals surface area contributed by atoms with Crippen LogP contribution in [0.1, 0.15) is 46.0 Å². The Labute approximate surface area is 104 Å². The highest BCUT2D eigenvalue weighted by atomic mass is 16.4. The summed E-state index contributed by atoms with van der Waals surface area (Å²) in [5.74, 6) is 0.293. The molecule has 5 heteroatoms. The number of hydrogen-bond acceptors (Lipinski definition) is 4. The van der Waals surface area contributed by atoms with Gasteiger partial charge < -0.3 is 16.0 Å². The van der Waals surface area contributed by atoms with Crippen molar-refractivity contribution < 1.29 is 10.3 Å². The predicted molar refractivity (Wildman–Crippen MR) is 70.3 cm³/mol. The molecule has 0 rings (SSSR count). The average molecular weight is 245 g/mol. The molecule has 5 nitrogen and oxygen atoms in total. The van der Waals surface area contributed by atoms with Gasteiger partial charge in [0.15, 0.2) is 0 Å². The predicted octanol–water partition coefficient (Wildman–Crippen LogP) is 1.39. The van der Waals surface area contributed by atoms with Gasteiger partial charge in [0.1, 0.15) is 5.84 Å². The van der Waals surface area contributed by atoms with Crippen molar-refractivity contribution in [3.8, 4) is 0 Å². The molecule has 0 heterocycles. The molecule has 0 saturated carbocycles. The molecule has 0 radical (unpaired) electrons. The van der Waals surface area contributed by atoms with Crippen LogP contribution >= 0.6 is 0 Å². The van der Waals surface area contributed by atoms with Crippen molar-refractivity contribution in [1.29, 1.82) is 0 Å². The Morgan fingerprint density at radius 3 is 2.35 bits per heavy atom. The normalized spacial score (nSPS) is 12.6. The maximum Gasteiger partial charge on any atom is 0.139 e. The van der Waals surface area contributed by atoms with Crippen LogP contribution < -0.4 is 5.73 Å². The smallest absolute Gasteiger partial charge is 0.139 e. The molecule has 0 bridgehead atoms. The third-order valence-electron chi connectivity index (χ3n) is 3.10. The summed E-state index contributed by atoms with van der Waals surface area (Å²) >= 11 is 0. The minimum atomic E-state index is 0.205. The van der Waals surface area contributed by atoms with Gasteiger partial charge in [0.05, 0.1) is 6.61 Å². The van der Waals surface area contributed by atoms with Crippen molar-refractivity contribution in [2.24, 2.45) is 10.9 Å². The van der Waals surface area contributed by atoms with Gasteiger partial charge >= 0.3 is 0 Å². The maximum absolute atomic E-state index is 9.05. The number of unbranched alkanes of at least 4 members (excludes halogenated alkanes) is 1. The zero-order chi connectivity index (χ0) is 13.1. The van der Waals surface area contributed by atoms with Crippen LogP contribution in [0.2, 0.25) is 0 Å². The topological polar surface area (TPSA) is 82.1 Å². The van der Waals surface area contributed by atoms with E-state index in [2.05, 4.69) is 23.9 Å². The fourth-order valence-electron chi connectivity index (χ4n) is 2.08. The second-order valence-electron chi connectivity index (χ2n) is 4.28. The monoisotopic (exact) mass is 245 g/mol. The first kappa shape index (κ1) is 16.2. The molecule has 0 aliphatic rings. The zero-order valence-corrected chi connectivity index (χ0v) is 11.1. The number of rotatable bonds is 10. The number of oxime groups is 1. The lowest BCUT2D eigenvalue weighted by atomic mass is 10.1. The fraction of sp³-hybridized carbons (Fsp3) is 0.917. The number of aliphatic hydroxyl groups is 1. The van der Waals surface area contributed by atoms with Crippen LogP contribution in [-0.4, -0.2) is 46.8 Å². The highest BCUT2D eigenvalue weighted by Gasteiger charge is 2.13. The molecule has 0 aromatic rings. The van der Waals surface area contributed by atoms with Crippen LogP contribution in [0, 0.1) is 0 Å². The Kier molecular flexibility index (Phi) is 9.86. The summed E-state index contributed by atoms with van der Waals surface area (Å²) in [6, 6.07) is 0.547. The number of amidine groups is 1. The van der Waals surface area contributed by atoms with Crippen LogP contribution in [0.5, 0.6) is 0 Å². The summed E-state index contributed by atoms with van der Waals surface area (Å²) in [6.07, 6.45) is 4.77. The van der Waals surface area contributed by atoms with Crippen molar-refractivity contribution in [3.63, 3.8) is 0 Å². The van der Waals surface area contributed by atoms with Crippen LogP contribution in [0.4, 0.5) is 0 Å². The second kappa shape index (κ2) is 10.4. The van der Waals surface area contributed by atoms with Crippen LogP contribution in [0.3, 0.4) is 0 Å². The van der Waals surface area contributed by atoms with Gasteiger partial charge in [-0.25, -0.2) is 0 Å². The Hall–Kier alpha value is -0.810. The van der Waals surface area contributed by atoms with Crippen molar-refractivity contribution in [2.45, 2.75) is 52.0 Å². The van der Waals surface area contributed by atoms with Crippen LogP contribution in [0.25, 0.3) is 0 Å². The zero-order valence-electron chi connectivity index (χ0n) is 11.1. The lowest BCUT2D eigenvalue weighted by Crippen LogP contribution is -2.37. The number of nitrogens with zero attached hydrogens (tertiary/aromatic N) is 2. The molecular weight excluding hydrogens is 218 g/mol. The summed E-state index contributed by atoms with van der Waals surface area (Å²) in [7, 11) is 0. The van der Waals surface area contributed by atoms with Gasteiger partial charge in [-0.2, -0.15) is 0 Å². The van der Waals surface area contributed by atoms with Gasteiger partial charge in [-0.3, -0.25) is 4.90 Å². The Morgan fingerprint density at radius 2 is 1.88 bits per heavy atom. The summed E-state index contributed by atoms with van der Waals surface area (Å²) in [5, 5.41) is 20.4. The van der Waals surface area contributed by atoms with Gasteiger partial charge in [-0.05, 0) is 32.2 Å². The number of aliphatic hydroxyl groups excluding tert-OH is 1. The van der Waals surface area contributed by atoms with E-state index in [0.717, 1.165) is 38.8 Å². The quantitative estimate of drug-likeness (QED) is 0.178. The molecule has 4 N–H and O–H groups in total. The first-order valence-electron chi connectivity index (χ1n) is 6.50. The SMILES string of the molecule is CCC(CC)N(CCO)CCCCC(N)=NO. The van der Waals surface area contributed by atoms with E-state index in [1.165, 1.54) is 0 Å². The Balaban J connectivity index is 3.91. The van der Waals surface area contributed by atoms with E-state index >= 15 is 0 Å². The molecule has 0 unspecified atom stereocenters. The van der Waals surface area contributed by atoms with E-state index in [4.69, 9.17) is 16.0 Å². The molecule has 0 aromatic heterocycles. The minimum Gasteiger partial charge on any atom is -0.409 e. The molecule has 0 spiro atoms. The summed E-state index contributed by atoms with van der Waals surface area (Å²) in [6.45, 7) is 6.25. The van der Waals surface area contributed by atoms with Gasteiger partial charge in [0.2, 0.25) is 0 Å². The molecule has 102 valence electrons. The second-order valence-corrected chi connectivity index (χ2v) is 4.28. The third kappa shape index (κ3) is 7.18. The molecule has 0 amide bonds. The summed E-state index contributed by atoms with van der Waals surface area (Å²) < 4.78 is 0. The van der Waals surface area contributed by atoms with E-state index in [9.17, 15) is 0 Å². The molecule has 0 fully saturated rings. The molecule has 0 saturated heterocycles. The molecule has 17 heavy (non-hydrogen) atoms. The van der Waals surface area contributed by atoms with E-state index in [-0.39, 0.29) is 6.61 Å². The Morgan fingerprint density at radius 1 is 1.24 bits per heavy atom. The minimum absolute atomic E-state index is 0.205.